The Kier molecular flexibility index (Phi) is 5.36. The number of aromatic nitrogens is 2. The van der Waals surface area contributed by atoms with Crippen molar-refractivity contribution in [3.8, 4) is 11.5 Å². The molecule has 0 spiro atoms. The Bertz CT molecular complexity index is 845. The minimum atomic E-state index is 0.179. The Morgan fingerprint density at radius 3 is 2.18 bits per heavy atom. The van der Waals surface area contributed by atoms with Crippen molar-refractivity contribution in [2.45, 2.75) is 19.3 Å². The van der Waals surface area contributed by atoms with Crippen LogP contribution in [0.4, 0.5) is 10.6 Å². The van der Waals surface area contributed by atoms with Gasteiger partial charge >= 0.3 is 6.03 Å². The van der Waals surface area contributed by atoms with E-state index in [0.717, 1.165) is 55.7 Å². The van der Waals surface area contributed by atoms with Crippen molar-refractivity contribution in [3.63, 3.8) is 0 Å². The number of hydrogen-bond acceptors (Lipinski definition) is 6. The highest BCUT2D eigenvalue weighted by Gasteiger charge is 2.27. The minimum Gasteiger partial charge on any atom is -0.493 e. The molecule has 0 aliphatic carbocycles. The molecule has 0 saturated carbocycles. The molecule has 2 aliphatic rings. The van der Waals surface area contributed by atoms with Gasteiger partial charge in [0.25, 0.3) is 0 Å². The molecule has 8 nitrogen and oxygen atoms in total. The SMILES string of the molecule is COc1cc2ncnc(N3CCN(C(=O)N4CCCCC4)CC3)c2cc1OC. The monoisotopic (exact) mass is 385 g/mol. The first-order valence-electron chi connectivity index (χ1n) is 9.87. The van der Waals surface area contributed by atoms with Crippen LogP contribution in [0.1, 0.15) is 19.3 Å². The molecule has 28 heavy (non-hydrogen) atoms. The Morgan fingerprint density at radius 1 is 0.857 bits per heavy atom. The van der Waals surface area contributed by atoms with Gasteiger partial charge in [-0.25, -0.2) is 14.8 Å². The van der Waals surface area contributed by atoms with Crippen molar-refractivity contribution in [2.24, 2.45) is 0 Å². The zero-order valence-corrected chi connectivity index (χ0v) is 16.6. The molecule has 8 heteroatoms. The quantitative estimate of drug-likeness (QED) is 0.808. The van der Waals surface area contributed by atoms with Crippen molar-refractivity contribution in [2.75, 3.05) is 58.4 Å². The number of carbonyl (C=O) groups is 1. The van der Waals surface area contributed by atoms with E-state index in [9.17, 15) is 4.79 Å². The second-order valence-corrected chi connectivity index (χ2v) is 7.23. The normalized spacial score (nSPS) is 17.7. The Balaban J connectivity index is 1.51. The number of carbonyl (C=O) groups excluding carboxylic acids is 1. The lowest BCUT2D eigenvalue weighted by Gasteiger charge is -2.39. The van der Waals surface area contributed by atoms with Gasteiger partial charge in [0, 0.05) is 50.7 Å². The van der Waals surface area contributed by atoms with Crippen molar-refractivity contribution >= 4 is 22.8 Å². The van der Waals surface area contributed by atoms with Crippen LogP contribution in [0, 0.1) is 0 Å². The molecule has 4 rings (SSSR count). The number of fused-ring (bicyclic) bond motifs is 1. The molecule has 0 unspecified atom stereocenters. The molecular formula is C20H27N5O3. The summed E-state index contributed by atoms with van der Waals surface area (Å²) in [4.78, 5) is 27.8. The molecule has 3 heterocycles. The van der Waals surface area contributed by atoms with Crippen molar-refractivity contribution in [3.05, 3.63) is 18.5 Å². The highest BCUT2D eigenvalue weighted by molar-refractivity contribution is 5.92. The number of anilines is 1. The Hall–Kier alpha value is -2.77. The maximum absolute atomic E-state index is 12.7. The fraction of sp³-hybridized carbons (Fsp3) is 0.550. The topological polar surface area (TPSA) is 71.0 Å². The highest BCUT2D eigenvalue weighted by Crippen LogP contribution is 2.34. The predicted molar refractivity (Wildman–Crippen MR) is 107 cm³/mol. The molecule has 0 radical (unpaired) electrons. The van der Waals surface area contributed by atoms with Gasteiger partial charge in [0.15, 0.2) is 11.5 Å². The highest BCUT2D eigenvalue weighted by atomic mass is 16.5. The zero-order chi connectivity index (χ0) is 19.5. The van der Waals surface area contributed by atoms with Crippen molar-refractivity contribution < 1.29 is 14.3 Å². The standard InChI is InChI=1S/C20H27N5O3/c1-27-17-12-15-16(13-18(17)28-2)21-14-22-19(15)23-8-10-25(11-9-23)20(26)24-6-4-3-5-7-24/h12-14H,3-11H2,1-2H3. The number of urea groups is 1. The number of hydrogen-bond donors (Lipinski definition) is 0. The van der Waals surface area contributed by atoms with Crippen LogP contribution in [0.3, 0.4) is 0 Å². The maximum atomic E-state index is 12.7. The molecule has 1 aromatic heterocycles. The first-order valence-corrected chi connectivity index (χ1v) is 9.87. The van der Waals surface area contributed by atoms with E-state index < -0.39 is 0 Å². The van der Waals surface area contributed by atoms with E-state index in [0.29, 0.717) is 24.6 Å². The number of methoxy groups -OCH3 is 2. The van der Waals surface area contributed by atoms with Crippen LogP contribution < -0.4 is 14.4 Å². The first kappa shape index (κ1) is 18.6. The fourth-order valence-corrected chi connectivity index (χ4v) is 4.02. The summed E-state index contributed by atoms with van der Waals surface area (Å²) in [5.41, 5.74) is 0.814. The second kappa shape index (κ2) is 8.08. The van der Waals surface area contributed by atoms with Crippen LogP contribution in [0.2, 0.25) is 0 Å². The number of likely N-dealkylation sites (tertiary alicyclic amines) is 1. The molecule has 150 valence electrons. The molecule has 2 aliphatic heterocycles. The van der Waals surface area contributed by atoms with Crippen molar-refractivity contribution in [1.29, 1.82) is 0 Å². The molecule has 0 bridgehead atoms. The van der Waals surface area contributed by atoms with E-state index in [2.05, 4.69) is 14.9 Å². The van der Waals surface area contributed by atoms with Gasteiger partial charge in [0.2, 0.25) is 0 Å². The number of nitrogens with zero attached hydrogens (tertiary/aromatic N) is 5. The van der Waals surface area contributed by atoms with Gasteiger partial charge in [-0.15, -0.1) is 0 Å². The molecule has 0 atom stereocenters. The summed E-state index contributed by atoms with van der Waals surface area (Å²) in [6, 6.07) is 3.97. The number of benzene rings is 1. The van der Waals surface area contributed by atoms with Crippen LogP contribution in [-0.4, -0.2) is 79.3 Å². The molecular weight excluding hydrogens is 358 g/mol. The number of amides is 2. The lowest BCUT2D eigenvalue weighted by molar-refractivity contribution is 0.141. The van der Waals surface area contributed by atoms with E-state index in [4.69, 9.17) is 9.47 Å². The average molecular weight is 385 g/mol. The lowest BCUT2D eigenvalue weighted by Crippen LogP contribution is -2.53. The van der Waals surface area contributed by atoms with Crippen LogP contribution >= 0.6 is 0 Å². The largest absolute Gasteiger partial charge is 0.493 e. The van der Waals surface area contributed by atoms with E-state index >= 15 is 0 Å². The Labute approximate surface area is 165 Å². The van der Waals surface area contributed by atoms with E-state index in [1.807, 2.05) is 21.9 Å². The second-order valence-electron chi connectivity index (χ2n) is 7.23. The van der Waals surface area contributed by atoms with Gasteiger partial charge in [0.1, 0.15) is 12.1 Å². The van der Waals surface area contributed by atoms with Gasteiger partial charge in [-0.1, -0.05) is 0 Å². The summed E-state index contributed by atoms with van der Waals surface area (Å²) >= 11 is 0. The van der Waals surface area contributed by atoms with Gasteiger partial charge in [-0.3, -0.25) is 0 Å². The molecule has 2 fully saturated rings. The maximum Gasteiger partial charge on any atom is 0.320 e. The number of piperidine rings is 1. The molecule has 2 aromatic rings. The molecule has 0 N–H and O–H groups in total. The van der Waals surface area contributed by atoms with Crippen molar-refractivity contribution in [1.82, 2.24) is 19.8 Å². The van der Waals surface area contributed by atoms with Crippen LogP contribution in [0.5, 0.6) is 11.5 Å². The van der Waals surface area contributed by atoms with Gasteiger partial charge in [-0.2, -0.15) is 0 Å². The smallest absolute Gasteiger partial charge is 0.320 e. The summed E-state index contributed by atoms with van der Waals surface area (Å²) in [5, 5.41) is 0.927. The summed E-state index contributed by atoms with van der Waals surface area (Å²) in [5.74, 6) is 2.18. The van der Waals surface area contributed by atoms with Crippen LogP contribution in [-0.2, 0) is 0 Å². The number of rotatable bonds is 3. The van der Waals surface area contributed by atoms with Crippen LogP contribution in [0.15, 0.2) is 18.5 Å². The third kappa shape index (κ3) is 3.50. The summed E-state index contributed by atoms with van der Waals surface area (Å²) in [6.45, 7) is 4.68. The van der Waals surface area contributed by atoms with Crippen LogP contribution in [0.25, 0.3) is 10.9 Å². The van der Waals surface area contributed by atoms with E-state index in [1.165, 1.54) is 6.42 Å². The summed E-state index contributed by atoms with van der Waals surface area (Å²) in [7, 11) is 3.24. The third-order valence-electron chi connectivity index (χ3n) is 5.60. The lowest BCUT2D eigenvalue weighted by atomic mass is 10.1. The molecule has 2 saturated heterocycles. The molecule has 1 aromatic carbocycles. The predicted octanol–water partition coefficient (Wildman–Crippen LogP) is 2.37. The molecule has 2 amide bonds. The van der Waals surface area contributed by atoms with Gasteiger partial charge in [0.05, 0.1) is 19.7 Å². The summed E-state index contributed by atoms with van der Waals surface area (Å²) in [6.07, 6.45) is 5.04. The zero-order valence-electron chi connectivity index (χ0n) is 16.6. The number of piperazine rings is 1. The van der Waals surface area contributed by atoms with Gasteiger partial charge < -0.3 is 24.2 Å². The third-order valence-corrected chi connectivity index (χ3v) is 5.60. The van der Waals surface area contributed by atoms with E-state index in [1.54, 1.807) is 20.5 Å². The summed E-state index contributed by atoms with van der Waals surface area (Å²) < 4.78 is 10.8. The number of ether oxygens (including phenoxy) is 2. The Morgan fingerprint density at radius 2 is 1.50 bits per heavy atom. The first-order chi connectivity index (χ1) is 13.7. The van der Waals surface area contributed by atoms with E-state index in [-0.39, 0.29) is 6.03 Å². The minimum absolute atomic E-state index is 0.179. The fourth-order valence-electron chi connectivity index (χ4n) is 4.02. The van der Waals surface area contributed by atoms with Gasteiger partial charge in [-0.05, 0) is 25.3 Å². The average Bonchev–Trinajstić information content (AvgIpc) is 2.77.